The van der Waals surface area contributed by atoms with Gasteiger partial charge < -0.3 is 20.1 Å². The number of ether oxygens (including phenoxy) is 1. The van der Waals surface area contributed by atoms with Crippen LogP contribution in [-0.2, 0) is 9.53 Å². The molecule has 1 heterocycles. The molecule has 20 heavy (non-hydrogen) atoms. The summed E-state index contributed by atoms with van der Waals surface area (Å²) in [6, 6.07) is 0. The van der Waals surface area contributed by atoms with Crippen LogP contribution in [0.15, 0.2) is 36.5 Å². The van der Waals surface area contributed by atoms with Gasteiger partial charge in [0.15, 0.2) is 0 Å². The first-order valence-corrected chi connectivity index (χ1v) is 6.62. The lowest BCUT2D eigenvalue weighted by molar-refractivity contribution is -0.139. The van der Waals surface area contributed by atoms with Gasteiger partial charge in [-0.05, 0) is 24.0 Å². The van der Waals surface area contributed by atoms with E-state index in [-0.39, 0.29) is 12.0 Å². The lowest BCUT2D eigenvalue weighted by Gasteiger charge is -2.30. The molecule has 5 atom stereocenters. The largest absolute Gasteiger partial charge is 0.458 e. The minimum atomic E-state index is -1.20. The Morgan fingerprint density at radius 1 is 1.10 bits per heavy atom. The van der Waals surface area contributed by atoms with Crippen LogP contribution in [0.25, 0.3) is 0 Å². The normalized spacial score (nSPS) is 39.5. The van der Waals surface area contributed by atoms with Gasteiger partial charge in [0.1, 0.15) is 12.2 Å². The zero-order valence-electron chi connectivity index (χ0n) is 11.3. The van der Waals surface area contributed by atoms with Gasteiger partial charge in [-0.15, -0.1) is 0 Å². The molecule has 5 heteroatoms. The van der Waals surface area contributed by atoms with E-state index in [9.17, 15) is 20.1 Å². The van der Waals surface area contributed by atoms with Crippen molar-refractivity contribution in [1.82, 2.24) is 0 Å². The third-order valence-electron chi connectivity index (χ3n) is 4.11. The van der Waals surface area contributed by atoms with Crippen molar-refractivity contribution in [3.05, 3.63) is 36.5 Å². The van der Waals surface area contributed by atoms with Crippen LogP contribution in [0, 0.1) is 5.92 Å². The van der Waals surface area contributed by atoms with Crippen LogP contribution in [0.2, 0.25) is 0 Å². The fourth-order valence-electron chi connectivity index (χ4n) is 2.75. The zero-order valence-corrected chi connectivity index (χ0v) is 11.3. The highest BCUT2D eigenvalue weighted by Crippen LogP contribution is 2.37. The molecule has 1 aliphatic carbocycles. The molecule has 0 spiro atoms. The maximum Gasteiger partial charge on any atom is 0.334 e. The van der Waals surface area contributed by atoms with E-state index in [1.54, 1.807) is 0 Å². The fourth-order valence-corrected chi connectivity index (χ4v) is 2.75. The fraction of sp³-hybridized carbons (Fsp3) is 0.533. The monoisotopic (exact) mass is 280 g/mol. The average Bonchev–Trinajstić information content (AvgIpc) is 2.68. The van der Waals surface area contributed by atoms with E-state index in [1.807, 2.05) is 0 Å². The van der Waals surface area contributed by atoms with Gasteiger partial charge >= 0.3 is 5.97 Å². The number of hydrogen-bond donors (Lipinski definition) is 3. The summed E-state index contributed by atoms with van der Waals surface area (Å²) in [6.07, 6.45) is -2.80. The van der Waals surface area contributed by atoms with Gasteiger partial charge in [0.2, 0.25) is 0 Å². The molecular weight excluding hydrogens is 260 g/mol. The SMILES string of the molecule is C=C1C(=O)O[C@H]2CC(=C)[C@@H](O)CCC(=C)[C@@H](O)[C@@H](O)C12. The second kappa shape index (κ2) is 5.52. The Bertz CT molecular complexity index is 467. The first-order chi connectivity index (χ1) is 9.32. The number of hydrogen-bond acceptors (Lipinski definition) is 5. The molecule has 1 saturated heterocycles. The minimum Gasteiger partial charge on any atom is -0.458 e. The van der Waals surface area contributed by atoms with Gasteiger partial charge in [-0.2, -0.15) is 0 Å². The molecule has 3 N–H and O–H groups in total. The third-order valence-corrected chi connectivity index (χ3v) is 4.11. The number of aliphatic hydroxyl groups excluding tert-OH is 3. The molecular formula is C15H20O5. The summed E-state index contributed by atoms with van der Waals surface area (Å²) in [4.78, 5) is 11.6. The highest BCUT2D eigenvalue weighted by molar-refractivity contribution is 5.91. The number of aliphatic hydroxyl groups is 3. The van der Waals surface area contributed by atoms with E-state index in [0.29, 0.717) is 24.0 Å². The summed E-state index contributed by atoms with van der Waals surface area (Å²) in [7, 11) is 0. The maximum atomic E-state index is 11.6. The summed E-state index contributed by atoms with van der Waals surface area (Å²) in [5.41, 5.74) is 1.09. The van der Waals surface area contributed by atoms with E-state index in [0.717, 1.165) is 0 Å². The van der Waals surface area contributed by atoms with Crippen LogP contribution >= 0.6 is 0 Å². The van der Waals surface area contributed by atoms with E-state index < -0.39 is 36.3 Å². The van der Waals surface area contributed by atoms with E-state index in [2.05, 4.69) is 19.7 Å². The molecule has 1 unspecified atom stereocenters. The summed E-state index contributed by atoms with van der Waals surface area (Å²) >= 11 is 0. The molecule has 1 aliphatic heterocycles. The Labute approximate surface area is 117 Å². The molecule has 5 nitrogen and oxygen atoms in total. The number of fused-ring (bicyclic) bond motifs is 1. The van der Waals surface area contributed by atoms with Crippen LogP contribution in [0.1, 0.15) is 19.3 Å². The van der Waals surface area contributed by atoms with Crippen LogP contribution in [0.4, 0.5) is 0 Å². The maximum absolute atomic E-state index is 11.6. The summed E-state index contributed by atoms with van der Waals surface area (Å²) in [6.45, 7) is 11.2. The van der Waals surface area contributed by atoms with Gasteiger partial charge in [0.05, 0.1) is 18.1 Å². The zero-order chi connectivity index (χ0) is 15.0. The number of carbonyl (C=O) groups excluding carboxylic acids is 1. The van der Waals surface area contributed by atoms with Gasteiger partial charge in [-0.25, -0.2) is 4.79 Å². The predicted molar refractivity (Wildman–Crippen MR) is 72.7 cm³/mol. The van der Waals surface area contributed by atoms with Crippen molar-refractivity contribution >= 4 is 5.97 Å². The van der Waals surface area contributed by atoms with Crippen molar-refractivity contribution in [1.29, 1.82) is 0 Å². The Kier molecular flexibility index (Phi) is 4.13. The van der Waals surface area contributed by atoms with Crippen LogP contribution in [-0.4, -0.2) is 45.7 Å². The Balaban J connectivity index is 2.33. The molecule has 0 aromatic rings. The van der Waals surface area contributed by atoms with Gasteiger partial charge in [-0.3, -0.25) is 0 Å². The molecule has 0 radical (unpaired) electrons. The molecule has 0 aromatic carbocycles. The number of rotatable bonds is 0. The summed E-state index contributed by atoms with van der Waals surface area (Å²) < 4.78 is 5.17. The number of esters is 1. The first kappa shape index (κ1) is 15.0. The standard InChI is InChI=1S/C15H20O5/c1-7-4-5-10(16)8(2)6-11-12(14(18)13(7)17)9(3)15(19)20-11/h10-14,16-18H,1-6H2/t10-,11-,12?,13+,14-/m0/s1. The molecule has 0 aromatic heterocycles. The third kappa shape index (κ3) is 2.57. The van der Waals surface area contributed by atoms with Gasteiger partial charge in [0, 0.05) is 12.0 Å². The van der Waals surface area contributed by atoms with Gasteiger partial charge in [0.25, 0.3) is 0 Å². The average molecular weight is 280 g/mol. The molecule has 0 amide bonds. The molecule has 2 rings (SSSR count). The Hall–Kier alpha value is -1.43. The van der Waals surface area contributed by atoms with Crippen molar-refractivity contribution in [2.45, 2.75) is 43.7 Å². The summed E-state index contributed by atoms with van der Waals surface area (Å²) in [5.74, 6) is -1.30. The smallest absolute Gasteiger partial charge is 0.334 e. The molecule has 1 saturated carbocycles. The van der Waals surface area contributed by atoms with Gasteiger partial charge in [-0.1, -0.05) is 19.7 Å². The Morgan fingerprint density at radius 2 is 1.75 bits per heavy atom. The number of carbonyl (C=O) groups is 1. The van der Waals surface area contributed by atoms with Crippen molar-refractivity contribution < 1.29 is 24.9 Å². The first-order valence-electron chi connectivity index (χ1n) is 6.62. The van der Waals surface area contributed by atoms with Crippen molar-refractivity contribution in [2.24, 2.45) is 5.92 Å². The lowest BCUT2D eigenvalue weighted by atomic mass is 9.81. The molecule has 0 bridgehead atoms. The lowest BCUT2D eigenvalue weighted by Crippen LogP contribution is -2.40. The van der Waals surface area contributed by atoms with Crippen LogP contribution < -0.4 is 0 Å². The topological polar surface area (TPSA) is 87.0 Å². The molecule has 110 valence electrons. The van der Waals surface area contributed by atoms with Crippen LogP contribution in [0.3, 0.4) is 0 Å². The molecule has 2 fully saturated rings. The predicted octanol–water partition coefficient (Wildman–Crippen LogP) is 0.463. The quantitative estimate of drug-likeness (QED) is 0.341. The van der Waals surface area contributed by atoms with Crippen LogP contribution in [0.5, 0.6) is 0 Å². The molecule has 2 aliphatic rings. The minimum absolute atomic E-state index is 0.136. The highest BCUT2D eigenvalue weighted by atomic mass is 16.6. The highest BCUT2D eigenvalue weighted by Gasteiger charge is 2.46. The van der Waals surface area contributed by atoms with E-state index in [4.69, 9.17) is 4.74 Å². The summed E-state index contributed by atoms with van der Waals surface area (Å²) in [5, 5.41) is 30.4. The second-order valence-electron chi connectivity index (χ2n) is 5.51. The van der Waals surface area contributed by atoms with E-state index in [1.165, 1.54) is 0 Å². The second-order valence-corrected chi connectivity index (χ2v) is 5.51. The van der Waals surface area contributed by atoms with Crippen molar-refractivity contribution in [3.63, 3.8) is 0 Å². The van der Waals surface area contributed by atoms with Crippen molar-refractivity contribution in [3.8, 4) is 0 Å². The van der Waals surface area contributed by atoms with Crippen molar-refractivity contribution in [2.75, 3.05) is 0 Å². The van der Waals surface area contributed by atoms with E-state index >= 15 is 0 Å². The Morgan fingerprint density at radius 3 is 2.40 bits per heavy atom.